The minimum atomic E-state index is -0.527. The molecule has 0 saturated heterocycles. The van der Waals surface area contributed by atoms with Crippen molar-refractivity contribution < 1.29 is 14.3 Å². The minimum absolute atomic E-state index is 0.205. The van der Waals surface area contributed by atoms with E-state index in [-0.39, 0.29) is 11.5 Å². The van der Waals surface area contributed by atoms with E-state index in [2.05, 4.69) is 5.32 Å². The summed E-state index contributed by atoms with van der Waals surface area (Å²) in [6, 6.07) is 21.6. The third-order valence-corrected chi connectivity index (χ3v) is 6.21. The SMILES string of the molecule is CCOc1ccc(NC(=O)C(C)Sc2nc3ccccc3c(=O)n2-c2ccccc2OC)cc1. The number of anilines is 1. The van der Waals surface area contributed by atoms with E-state index in [0.29, 0.717) is 39.8 Å². The fourth-order valence-electron chi connectivity index (χ4n) is 3.48. The van der Waals surface area contributed by atoms with E-state index in [4.69, 9.17) is 14.5 Å². The smallest absolute Gasteiger partial charge is 0.266 e. The van der Waals surface area contributed by atoms with Crippen LogP contribution in [-0.2, 0) is 4.79 Å². The molecule has 0 fully saturated rings. The zero-order valence-corrected chi connectivity index (χ0v) is 20.0. The van der Waals surface area contributed by atoms with Crippen molar-refractivity contribution in [1.29, 1.82) is 0 Å². The number of ether oxygens (including phenoxy) is 2. The Hall–Kier alpha value is -3.78. The number of para-hydroxylation sites is 3. The van der Waals surface area contributed by atoms with E-state index >= 15 is 0 Å². The molecule has 0 aliphatic rings. The lowest BCUT2D eigenvalue weighted by molar-refractivity contribution is -0.115. The van der Waals surface area contributed by atoms with Crippen LogP contribution in [0.2, 0.25) is 0 Å². The Morgan fingerprint density at radius 2 is 1.76 bits per heavy atom. The number of hydrogen-bond donors (Lipinski definition) is 1. The maximum absolute atomic E-state index is 13.5. The maximum atomic E-state index is 13.5. The van der Waals surface area contributed by atoms with Crippen LogP contribution in [0, 0.1) is 0 Å². The molecular weight excluding hydrogens is 450 g/mol. The predicted octanol–water partition coefficient (Wildman–Crippen LogP) is 4.91. The molecule has 34 heavy (non-hydrogen) atoms. The van der Waals surface area contributed by atoms with Crippen LogP contribution in [-0.4, -0.2) is 34.4 Å². The Balaban J connectivity index is 1.68. The minimum Gasteiger partial charge on any atom is -0.495 e. The molecular formula is C26H25N3O4S. The fraction of sp³-hybridized carbons (Fsp3) is 0.192. The molecule has 1 atom stereocenters. The van der Waals surface area contributed by atoms with Crippen molar-refractivity contribution in [2.45, 2.75) is 24.3 Å². The zero-order valence-electron chi connectivity index (χ0n) is 19.1. The normalized spacial score (nSPS) is 11.7. The van der Waals surface area contributed by atoms with Gasteiger partial charge in [-0.1, -0.05) is 36.0 Å². The van der Waals surface area contributed by atoms with Gasteiger partial charge in [0, 0.05) is 5.69 Å². The van der Waals surface area contributed by atoms with Gasteiger partial charge in [0.25, 0.3) is 5.56 Å². The molecule has 4 aromatic rings. The first-order chi connectivity index (χ1) is 16.5. The van der Waals surface area contributed by atoms with Crippen LogP contribution in [0.25, 0.3) is 16.6 Å². The van der Waals surface area contributed by atoms with E-state index in [1.165, 1.54) is 16.3 Å². The van der Waals surface area contributed by atoms with E-state index in [0.717, 1.165) is 5.75 Å². The van der Waals surface area contributed by atoms with Gasteiger partial charge in [0.1, 0.15) is 11.5 Å². The number of thioether (sulfide) groups is 1. The van der Waals surface area contributed by atoms with Gasteiger partial charge >= 0.3 is 0 Å². The molecule has 1 amide bonds. The highest BCUT2D eigenvalue weighted by Gasteiger charge is 2.22. The van der Waals surface area contributed by atoms with Gasteiger partial charge in [0.15, 0.2) is 5.16 Å². The first kappa shape index (κ1) is 23.4. The van der Waals surface area contributed by atoms with Crippen molar-refractivity contribution in [3.05, 3.63) is 83.2 Å². The second-order valence-electron chi connectivity index (χ2n) is 7.43. The molecule has 7 nitrogen and oxygen atoms in total. The summed E-state index contributed by atoms with van der Waals surface area (Å²) in [6.45, 7) is 4.27. The summed E-state index contributed by atoms with van der Waals surface area (Å²) < 4.78 is 12.4. The standard InChI is InChI=1S/C26H25N3O4S/c1-4-33-19-15-13-18(14-16-19)27-24(30)17(2)34-26-28-21-10-6-5-9-20(21)25(31)29(26)22-11-7-8-12-23(22)32-3/h5-17H,4H2,1-3H3,(H,27,30). The van der Waals surface area contributed by atoms with Crippen molar-refractivity contribution in [1.82, 2.24) is 9.55 Å². The third kappa shape index (κ3) is 4.92. The van der Waals surface area contributed by atoms with Gasteiger partial charge < -0.3 is 14.8 Å². The molecule has 1 unspecified atom stereocenters. The van der Waals surface area contributed by atoms with Crippen LogP contribution in [0.1, 0.15) is 13.8 Å². The van der Waals surface area contributed by atoms with Gasteiger partial charge in [-0.15, -0.1) is 0 Å². The summed E-state index contributed by atoms with van der Waals surface area (Å²) in [5.74, 6) is 1.07. The molecule has 0 aliphatic heterocycles. The molecule has 0 bridgehead atoms. The number of nitrogens with zero attached hydrogens (tertiary/aromatic N) is 2. The largest absolute Gasteiger partial charge is 0.495 e. The molecule has 3 aromatic carbocycles. The lowest BCUT2D eigenvalue weighted by Gasteiger charge is -2.18. The summed E-state index contributed by atoms with van der Waals surface area (Å²) >= 11 is 1.21. The first-order valence-corrected chi connectivity index (χ1v) is 11.8. The molecule has 1 aromatic heterocycles. The van der Waals surface area contributed by atoms with Crippen LogP contribution >= 0.6 is 11.8 Å². The van der Waals surface area contributed by atoms with Crippen molar-refractivity contribution in [3.8, 4) is 17.2 Å². The summed E-state index contributed by atoms with van der Waals surface area (Å²) in [5.41, 5.74) is 1.57. The number of aromatic nitrogens is 2. The number of carbonyl (C=O) groups excluding carboxylic acids is 1. The zero-order chi connectivity index (χ0) is 24.1. The second kappa shape index (κ2) is 10.4. The van der Waals surface area contributed by atoms with E-state index in [9.17, 15) is 9.59 Å². The number of hydrogen-bond acceptors (Lipinski definition) is 6. The van der Waals surface area contributed by atoms with Crippen LogP contribution in [0.3, 0.4) is 0 Å². The van der Waals surface area contributed by atoms with Crippen molar-refractivity contribution in [2.75, 3.05) is 19.0 Å². The van der Waals surface area contributed by atoms with Gasteiger partial charge in [-0.3, -0.25) is 14.2 Å². The van der Waals surface area contributed by atoms with E-state index < -0.39 is 5.25 Å². The Morgan fingerprint density at radius 3 is 2.50 bits per heavy atom. The molecule has 0 spiro atoms. The van der Waals surface area contributed by atoms with E-state index in [1.807, 2.05) is 25.1 Å². The molecule has 174 valence electrons. The van der Waals surface area contributed by atoms with Gasteiger partial charge in [0.05, 0.1) is 35.6 Å². The summed E-state index contributed by atoms with van der Waals surface area (Å²) in [5, 5.41) is 3.28. The predicted molar refractivity (Wildman–Crippen MR) is 135 cm³/mol. The van der Waals surface area contributed by atoms with Gasteiger partial charge in [-0.05, 0) is 62.4 Å². The van der Waals surface area contributed by atoms with Gasteiger partial charge in [0.2, 0.25) is 5.91 Å². The Labute approximate surface area is 201 Å². The fourth-order valence-corrected chi connectivity index (χ4v) is 4.39. The first-order valence-electron chi connectivity index (χ1n) is 10.9. The third-order valence-electron chi connectivity index (χ3n) is 5.16. The Bertz CT molecular complexity index is 1370. The number of amides is 1. The number of rotatable bonds is 8. The van der Waals surface area contributed by atoms with Gasteiger partial charge in [-0.2, -0.15) is 0 Å². The Morgan fingerprint density at radius 1 is 1.06 bits per heavy atom. The van der Waals surface area contributed by atoms with Crippen molar-refractivity contribution >= 4 is 34.3 Å². The maximum Gasteiger partial charge on any atom is 0.266 e. The summed E-state index contributed by atoms with van der Waals surface area (Å²) in [4.78, 5) is 31.2. The average Bonchev–Trinajstić information content (AvgIpc) is 2.85. The molecule has 8 heteroatoms. The average molecular weight is 476 g/mol. The summed E-state index contributed by atoms with van der Waals surface area (Å²) in [7, 11) is 1.55. The molecule has 0 aliphatic carbocycles. The number of carbonyl (C=O) groups is 1. The van der Waals surface area contributed by atoms with Crippen LogP contribution in [0.5, 0.6) is 11.5 Å². The van der Waals surface area contributed by atoms with Crippen LogP contribution < -0.4 is 20.3 Å². The van der Waals surface area contributed by atoms with Crippen LogP contribution in [0.15, 0.2) is 82.7 Å². The molecule has 0 saturated carbocycles. The number of benzene rings is 3. The van der Waals surface area contributed by atoms with Crippen molar-refractivity contribution in [2.24, 2.45) is 0 Å². The number of nitrogens with one attached hydrogen (secondary N) is 1. The monoisotopic (exact) mass is 475 g/mol. The van der Waals surface area contributed by atoms with Crippen molar-refractivity contribution in [3.63, 3.8) is 0 Å². The Kier molecular flexibility index (Phi) is 7.18. The highest BCUT2D eigenvalue weighted by molar-refractivity contribution is 8.00. The van der Waals surface area contributed by atoms with E-state index in [1.54, 1.807) is 68.6 Å². The van der Waals surface area contributed by atoms with Gasteiger partial charge in [-0.25, -0.2) is 4.98 Å². The van der Waals surface area contributed by atoms with Crippen LogP contribution in [0.4, 0.5) is 5.69 Å². The molecule has 1 heterocycles. The molecule has 0 radical (unpaired) electrons. The highest BCUT2D eigenvalue weighted by Crippen LogP contribution is 2.29. The molecule has 1 N–H and O–H groups in total. The lowest BCUT2D eigenvalue weighted by atomic mass is 10.2. The summed E-state index contributed by atoms with van der Waals surface area (Å²) in [6.07, 6.45) is 0. The molecule has 4 rings (SSSR count). The lowest BCUT2D eigenvalue weighted by Crippen LogP contribution is -2.26. The number of fused-ring (bicyclic) bond motifs is 1. The number of methoxy groups -OCH3 is 1. The highest BCUT2D eigenvalue weighted by atomic mass is 32.2. The quantitative estimate of drug-likeness (QED) is 0.288. The topological polar surface area (TPSA) is 82.5 Å². The second-order valence-corrected chi connectivity index (χ2v) is 8.74.